The molecule has 3 aromatic heterocycles. The minimum Gasteiger partial charge on any atom is -0.465 e. The lowest BCUT2D eigenvalue weighted by Crippen LogP contribution is -2.25. The first-order valence-electron chi connectivity index (χ1n) is 9.30. The molecule has 4 heterocycles. The molecule has 0 radical (unpaired) electrons. The fourth-order valence-electron chi connectivity index (χ4n) is 3.80. The van der Waals surface area contributed by atoms with Gasteiger partial charge in [0.15, 0.2) is 11.5 Å². The van der Waals surface area contributed by atoms with Crippen LogP contribution in [0.5, 0.6) is 0 Å². The SMILES string of the molecule is COC(=O)c1ccc(C2CC(=O)Nc3c2c(C)nn3-c2ccc3nncn3n2)cc1. The van der Waals surface area contributed by atoms with Crippen molar-refractivity contribution in [2.75, 3.05) is 12.4 Å². The molecule has 5 rings (SSSR count). The molecule has 0 saturated heterocycles. The Hall–Kier alpha value is -4.08. The fourth-order valence-corrected chi connectivity index (χ4v) is 3.80. The number of carbonyl (C=O) groups is 2. The molecule has 0 bridgehead atoms. The third-order valence-electron chi connectivity index (χ3n) is 5.20. The topological polar surface area (TPSA) is 116 Å². The Morgan fingerprint density at radius 1 is 1.17 bits per heavy atom. The molecule has 1 unspecified atom stereocenters. The maximum atomic E-state index is 12.5. The molecule has 0 fully saturated rings. The average molecular weight is 403 g/mol. The van der Waals surface area contributed by atoms with Crippen molar-refractivity contribution in [3.8, 4) is 5.82 Å². The Bertz CT molecular complexity index is 1290. The van der Waals surface area contributed by atoms with Gasteiger partial charge in [0.05, 0.1) is 18.4 Å². The van der Waals surface area contributed by atoms with Gasteiger partial charge in [-0.1, -0.05) is 12.1 Å². The number of fused-ring (bicyclic) bond motifs is 2. The van der Waals surface area contributed by atoms with Crippen LogP contribution >= 0.6 is 0 Å². The van der Waals surface area contributed by atoms with Gasteiger partial charge in [0, 0.05) is 17.9 Å². The van der Waals surface area contributed by atoms with Crippen LogP contribution in [0, 0.1) is 6.92 Å². The van der Waals surface area contributed by atoms with Crippen molar-refractivity contribution in [1.29, 1.82) is 0 Å². The second kappa shape index (κ2) is 6.76. The first kappa shape index (κ1) is 18.0. The number of nitrogens with one attached hydrogen (secondary N) is 1. The van der Waals surface area contributed by atoms with E-state index in [-0.39, 0.29) is 18.2 Å². The largest absolute Gasteiger partial charge is 0.465 e. The lowest BCUT2D eigenvalue weighted by molar-refractivity contribution is -0.116. The van der Waals surface area contributed by atoms with E-state index in [4.69, 9.17) is 4.74 Å². The normalized spacial score (nSPS) is 15.7. The summed E-state index contributed by atoms with van der Waals surface area (Å²) in [7, 11) is 1.34. The lowest BCUT2D eigenvalue weighted by atomic mass is 9.85. The monoisotopic (exact) mass is 403 g/mol. The van der Waals surface area contributed by atoms with E-state index in [9.17, 15) is 9.59 Å². The van der Waals surface area contributed by atoms with Crippen LogP contribution in [0.25, 0.3) is 11.5 Å². The highest BCUT2D eigenvalue weighted by molar-refractivity contribution is 5.95. The highest BCUT2D eigenvalue weighted by Crippen LogP contribution is 2.40. The molecule has 0 saturated carbocycles. The smallest absolute Gasteiger partial charge is 0.337 e. The van der Waals surface area contributed by atoms with Crippen LogP contribution in [0.1, 0.15) is 39.5 Å². The number of aryl methyl sites for hydroxylation is 1. The maximum Gasteiger partial charge on any atom is 0.337 e. The van der Waals surface area contributed by atoms with E-state index in [1.165, 1.54) is 13.4 Å². The molecule has 1 N–H and O–H groups in total. The summed E-state index contributed by atoms with van der Waals surface area (Å²) < 4.78 is 7.93. The van der Waals surface area contributed by atoms with E-state index in [2.05, 4.69) is 25.7 Å². The number of carbonyl (C=O) groups excluding carboxylic acids is 2. The number of ether oxygens (including phenoxy) is 1. The summed E-state index contributed by atoms with van der Waals surface area (Å²) in [5, 5.41) is 19.8. The van der Waals surface area contributed by atoms with Crippen LogP contribution in [-0.2, 0) is 9.53 Å². The van der Waals surface area contributed by atoms with Crippen molar-refractivity contribution < 1.29 is 14.3 Å². The quantitative estimate of drug-likeness (QED) is 0.519. The van der Waals surface area contributed by atoms with Gasteiger partial charge in [-0.15, -0.1) is 15.3 Å². The van der Waals surface area contributed by atoms with E-state index < -0.39 is 5.97 Å². The Morgan fingerprint density at radius 2 is 1.97 bits per heavy atom. The van der Waals surface area contributed by atoms with E-state index in [0.29, 0.717) is 22.8 Å². The Balaban J connectivity index is 1.60. The number of anilines is 1. The molecule has 30 heavy (non-hydrogen) atoms. The molecule has 10 nitrogen and oxygen atoms in total. The van der Waals surface area contributed by atoms with E-state index in [1.54, 1.807) is 33.5 Å². The zero-order valence-electron chi connectivity index (χ0n) is 16.2. The van der Waals surface area contributed by atoms with Gasteiger partial charge in [-0.25, -0.2) is 4.79 Å². The van der Waals surface area contributed by atoms with Gasteiger partial charge in [-0.2, -0.15) is 14.3 Å². The first-order valence-corrected chi connectivity index (χ1v) is 9.30. The van der Waals surface area contributed by atoms with E-state index in [1.807, 2.05) is 19.1 Å². The number of aromatic nitrogens is 6. The minimum absolute atomic E-state index is 0.115. The standard InChI is InChI=1S/C20H17N7O3/c1-11-18-14(12-3-5-13(6-4-12)20(29)30-2)9-17(28)22-19(18)27(24-11)16-8-7-15-23-21-10-26(15)25-16/h3-8,10,14H,9H2,1-2H3,(H,22,28). The highest BCUT2D eigenvalue weighted by atomic mass is 16.5. The summed E-state index contributed by atoms with van der Waals surface area (Å²) in [6, 6.07) is 10.7. The van der Waals surface area contributed by atoms with Crippen LogP contribution < -0.4 is 5.32 Å². The number of hydrogen-bond donors (Lipinski definition) is 1. The van der Waals surface area contributed by atoms with Crippen LogP contribution in [-0.4, -0.2) is 48.6 Å². The average Bonchev–Trinajstić information content (AvgIpc) is 3.36. The molecule has 150 valence electrons. The van der Waals surface area contributed by atoms with Crippen molar-refractivity contribution in [2.24, 2.45) is 0 Å². The van der Waals surface area contributed by atoms with Gasteiger partial charge in [0.2, 0.25) is 5.91 Å². The Morgan fingerprint density at radius 3 is 2.73 bits per heavy atom. The summed E-state index contributed by atoms with van der Waals surface area (Å²) in [5.41, 5.74) is 3.71. The minimum atomic E-state index is -0.400. The predicted molar refractivity (Wildman–Crippen MR) is 106 cm³/mol. The van der Waals surface area contributed by atoms with Gasteiger partial charge in [0.25, 0.3) is 0 Å². The van der Waals surface area contributed by atoms with Crippen LogP contribution in [0.4, 0.5) is 5.82 Å². The zero-order valence-corrected chi connectivity index (χ0v) is 16.2. The third-order valence-corrected chi connectivity index (χ3v) is 5.20. The van der Waals surface area contributed by atoms with E-state index in [0.717, 1.165) is 16.8 Å². The maximum absolute atomic E-state index is 12.5. The predicted octanol–water partition coefficient (Wildman–Crippen LogP) is 1.88. The van der Waals surface area contributed by atoms with Crippen LogP contribution in [0.3, 0.4) is 0 Å². The van der Waals surface area contributed by atoms with Gasteiger partial charge >= 0.3 is 5.97 Å². The molecule has 0 aliphatic carbocycles. The summed E-state index contributed by atoms with van der Waals surface area (Å²) in [6.45, 7) is 1.90. The fraction of sp³-hybridized carbons (Fsp3) is 0.200. The summed E-state index contributed by atoms with van der Waals surface area (Å²) in [6.07, 6.45) is 1.79. The molecule has 1 atom stereocenters. The highest BCUT2D eigenvalue weighted by Gasteiger charge is 2.33. The molecule has 4 aromatic rings. The number of amides is 1. The van der Waals surface area contributed by atoms with Gasteiger partial charge in [0.1, 0.15) is 12.1 Å². The van der Waals surface area contributed by atoms with Crippen molar-refractivity contribution >= 4 is 23.3 Å². The van der Waals surface area contributed by atoms with Crippen molar-refractivity contribution in [2.45, 2.75) is 19.3 Å². The third kappa shape index (κ3) is 2.81. The molecular formula is C20H17N7O3. The Labute approximate surface area is 170 Å². The molecule has 1 aliphatic rings. The number of rotatable bonds is 3. The summed E-state index contributed by atoms with van der Waals surface area (Å²) >= 11 is 0. The lowest BCUT2D eigenvalue weighted by Gasteiger charge is -2.24. The number of esters is 1. The van der Waals surface area contributed by atoms with Crippen molar-refractivity contribution in [1.82, 2.24) is 29.6 Å². The second-order valence-corrected chi connectivity index (χ2v) is 7.00. The van der Waals surface area contributed by atoms with Crippen LogP contribution in [0.15, 0.2) is 42.7 Å². The molecule has 1 amide bonds. The zero-order chi connectivity index (χ0) is 20.8. The first-order chi connectivity index (χ1) is 14.5. The number of methoxy groups -OCH3 is 1. The van der Waals surface area contributed by atoms with Crippen molar-refractivity contribution in [3.63, 3.8) is 0 Å². The molecule has 1 aliphatic heterocycles. The van der Waals surface area contributed by atoms with E-state index >= 15 is 0 Å². The number of benzene rings is 1. The molecular weight excluding hydrogens is 386 g/mol. The summed E-state index contributed by atoms with van der Waals surface area (Å²) in [5.74, 6) is 0.423. The van der Waals surface area contributed by atoms with Gasteiger partial charge < -0.3 is 10.1 Å². The molecule has 1 aromatic carbocycles. The Kier molecular flexibility index (Phi) is 4.05. The molecule has 0 spiro atoms. The second-order valence-electron chi connectivity index (χ2n) is 7.00. The van der Waals surface area contributed by atoms with Gasteiger partial charge in [-0.05, 0) is 36.8 Å². The number of nitrogens with zero attached hydrogens (tertiary/aromatic N) is 6. The van der Waals surface area contributed by atoms with Crippen LogP contribution in [0.2, 0.25) is 0 Å². The van der Waals surface area contributed by atoms with Gasteiger partial charge in [-0.3, -0.25) is 4.79 Å². The molecule has 10 heteroatoms. The van der Waals surface area contributed by atoms with Crippen molar-refractivity contribution in [3.05, 3.63) is 65.1 Å². The summed E-state index contributed by atoms with van der Waals surface area (Å²) in [4.78, 5) is 24.2. The number of hydrogen-bond acceptors (Lipinski definition) is 7.